The molecule has 0 radical (unpaired) electrons. The molecule has 0 spiro atoms. The van der Waals surface area contributed by atoms with E-state index >= 15 is 0 Å². The molecular weight excluding hydrogens is 334 g/mol. The van der Waals surface area contributed by atoms with Gasteiger partial charge < -0.3 is 10.5 Å². The van der Waals surface area contributed by atoms with Gasteiger partial charge in [0.05, 0.1) is 5.56 Å². The summed E-state index contributed by atoms with van der Waals surface area (Å²) in [5.41, 5.74) is 9.31. The molecule has 20 heavy (non-hydrogen) atoms. The van der Waals surface area contributed by atoms with Gasteiger partial charge >= 0.3 is 0 Å². The first-order valence-corrected chi connectivity index (χ1v) is 7.72. The standard InChI is InChI=1S/C16H14BrNOS/c17-12-5-7-14(16(18)20)15(9-12)19-13-6-4-10-2-1-3-11(10)8-13/h4-9H,1-3H2,(H2,18,20). The minimum Gasteiger partial charge on any atom is -0.457 e. The third-order valence-corrected chi connectivity index (χ3v) is 4.22. The van der Waals surface area contributed by atoms with Crippen LogP contribution in [0.1, 0.15) is 23.1 Å². The summed E-state index contributed by atoms with van der Waals surface area (Å²) in [4.78, 5) is 0.341. The molecular formula is C16H14BrNOS. The molecule has 1 aliphatic rings. The third-order valence-electron chi connectivity index (χ3n) is 3.51. The van der Waals surface area contributed by atoms with Crippen LogP contribution in [-0.4, -0.2) is 4.99 Å². The van der Waals surface area contributed by atoms with Crippen molar-refractivity contribution in [3.63, 3.8) is 0 Å². The Bertz CT molecular complexity index is 684. The molecule has 0 amide bonds. The number of nitrogens with two attached hydrogens (primary N) is 1. The largest absolute Gasteiger partial charge is 0.457 e. The van der Waals surface area contributed by atoms with E-state index in [4.69, 9.17) is 22.7 Å². The molecule has 0 bridgehead atoms. The van der Waals surface area contributed by atoms with Crippen molar-refractivity contribution < 1.29 is 4.74 Å². The molecule has 0 aliphatic heterocycles. The Kier molecular flexibility index (Phi) is 3.76. The summed E-state index contributed by atoms with van der Waals surface area (Å²) in [6.45, 7) is 0. The number of rotatable bonds is 3. The van der Waals surface area contributed by atoms with Crippen molar-refractivity contribution in [1.82, 2.24) is 0 Å². The van der Waals surface area contributed by atoms with Gasteiger partial charge in [-0.1, -0.05) is 34.2 Å². The fourth-order valence-corrected chi connectivity index (χ4v) is 3.03. The fourth-order valence-electron chi connectivity index (χ4n) is 2.52. The molecule has 0 heterocycles. The van der Waals surface area contributed by atoms with Gasteiger partial charge in [0, 0.05) is 4.47 Å². The Balaban J connectivity index is 1.95. The van der Waals surface area contributed by atoms with Crippen LogP contribution in [0.2, 0.25) is 0 Å². The zero-order valence-corrected chi connectivity index (χ0v) is 13.3. The number of hydrogen-bond donors (Lipinski definition) is 1. The molecule has 1 aliphatic carbocycles. The Morgan fingerprint density at radius 2 is 1.90 bits per heavy atom. The average molecular weight is 348 g/mol. The quantitative estimate of drug-likeness (QED) is 0.837. The Morgan fingerprint density at radius 3 is 2.70 bits per heavy atom. The van der Waals surface area contributed by atoms with Crippen LogP contribution in [0, 0.1) is 0 Å². The van der Waals surface area contributed by atoms with Gasteiger partial charge in [-0.25, -0.2) is 0 Å². The molecule has 4 heteroatoms. The Morgan fingerprint density at radius 1 is 1.10 bits per heavy atom. The summed E-state index contributed by atoms with van der Waals surface area (Å²) in [5.74, 6) is 1.52. The highest BCUT2D eigenvalue weighted by Gasteiger charge is 2.13. The Labute approximate surface area is 132 Å². The second kappa shape index (κ2) is 5.54. The minimum atomic E-state index is 0.341. The first-order chi connectivity index (χ1) is 9.63. The fraction of sp³-hybridized carbons (Fsp3) is 0.188. The van der Waals surface area contributed by atoms with Crippen LogP contribution in [0.5, 0.6) is 11.5 Å². The summed E-state index contributed by atoms with van der Waals surface area (Å²) in [6.07, 6.45) is 3.53. The van der Waals surface area contributed by atoms with Crippen LogP contribution in [-0.2, 0) is 12.8 Å². The van der Waals surface area contributed by atoms with Crippen molar-refractivity contribution in [3.05, 3.63) is 57.6 Å². The maximum absolute atomic E-state index is 5.98. The zero-order chi connectivity index (χ0) is 14.1. The first-order valence-electron chi connectivity index (χ1n) is 6.52. The Hall–Kier alpha value is -1.39. The van der Waals surface area contributed by atoms with Gasteiger partial charge in [-0.05, 0) is 60.7 Å². The third kappa shape index (κ3) is 2.72. The van der Waals surface area contributed by atoms with Gasteiger partial charge in [-0.2, -0.15) is 0 Å². The molecule has 2 aromatic carbocycles. The molecule has 0 fully saturated rings. The summed E-state index contributed by atoms with van der Waals surface area (Å²) < 4.78 is 6.92. The molecule has 2 nitrogen and oxygen atoms in total. The topological polar surface area (TPSA) is 35.2 Å². The smallest absolute Gasteiger partial charge is 0.138 e. The van der Waals surface area contributed by atoms with E-state index in [1.165, 1.54) is 24.0 Å². The summed E-state index contributed by atoms with van der Waals surface area (Å²) >= 11 is 8.52. The number of thiocarbonyl (C=S) groups is 1. The lowest BCUT2D eigenvalue weighted by Crippen LogP contribution is -2.10. The molecule has 2 aromatic rings. The highest BCUT2D eigenvalue weighted by Crippen LogP contribution is 2.32. The summed E-state index contributed by atoms with van der Waals surface area (Å²) in [7, 11) is 0. The second-order valence-corrected chi connectivity index (χ2v) is 6.25. The zero-order valence-electron chi connectivity index (χ0n) is 10.9. The number of hydrogen-bond acceptors (Lipinski definition) is 2. The highest BCUT2D eigenvalue weighted by molar-refractivity contribution is 9.10. The average Bonchev–Trinajstić information content (AvgIpc) is 2.85. The predicted molar refractivity (Wildman–Crippen MR) is 88.6 cm³/mol. The first kappa shape index (κ1) is 13.6. The van der Waals surface area contributed by atoms with E-state index in [2.05, 4.69) is 28.1 Å². The molecule has 102 valence electrons. The molecule has 0 aromatic heterocycles. The minimum absolute atomic E-state index is 0.341. The van der Waals surface area contributed by atoms with Crippen molar-refractivity contribution in [1.29, 1.82) is 0 Å². The number of ether oxygens (including phenoxy) is 1. The van der Waals surface area contributed by atoms with Crippen molar-refractivity contribution in [2.75, 3.05) is 0 Å². The number of benzene rings is 2. The van der Waals surface area contributed by atoms with Crippen LogP contribution in [0.25, 0.3) is 0 Å². The lowest BCUT2D eigenvalue weighted by atomic mass is 10.1. The molecule has 0 saturated heterocycles. The summed E-state index contributed by atoms with van der Waals surface area (Å²) in [5, 5.41) is 0. The van der Waals surface area contributed by atoms with Crippen LogP contribution in [0.4, 0.5) is 0 Å². The number of aryl methyl sites for hydroxylation is 2. The van der Waals surface area contributed by atoms with Crippen molar-refractivity contribution in [2.24, 2.45) is 5.73 Å². The van der Waals surface area contributed by atoms with Crippen molar-refractivity contribution in [2.45, 2.75) is 19.3 Å². The predicted octanol–water partition coefficient (Wildman–Crippen LogP) is 4.36. The molecule has 2 N–H and O–H groups in total. The SMILES string of the molecule is NC(=S)c1ccc(Br)cc1Oc1ccc2c(c1)CCC2. The van der Waals surface area contributed by atoms with Crippen molar-refractivity contribution in [3.8, 4) is 11.5 Å². The lowest BCUT2D eigenvalue weighted by Gasteiger charge is -2.12. The number of fused-ring (bicyclic) bond motifs is 1. The van der Waals surface area contributed by atoms with E-state index in [1.807, 2.05) is 24.3 Å². The maximum Gasteiger partial charge on any atom is 0.138 e. The van der Waals surface area contributed by atoms with Crippen LogP contribution < -0.4 is 10.5 Å². The monoisotopic (exact) mass is 347 g/mol. The van der Waals surface area contributed by atoms with Gasteiger partial charge in [-0.3, -0.25) is 0 Å². The van der Waals surface area contributed by atoms with E-state index in [0.717, 1.165) is 22.2 Å². The van der Waals surface area contributed by atoms with E-state index in [1.54, 1.807) is 0 Å². The highest BCUT2D eigenvalue weighted by atomic mass is 79.9. The molecule has 0 saturated carbocycles. The van der Waals surface area contributed by atoms with Crippen LogP contribution >= 0.6 is 28.1 Å². The van der Waals surface area contributed by atoms with Crippen LogP contribution in [0.3, 0.4) is 0 Å². The van der Waals surface area contributed by atoms with Gasteiger partial charge in [-0.15, -0.1) is 0 Å². The van der Waals surface area contributed by atoms with Crippen LogP contribution in [0.15, 0.2) is 40.9 Å². The van der Waals surface area contributed by atoms with E-state index in [9.17, 15) is 0 Å². The van der Waals surface area contributed by atoms with E-state index < -0.39 is 0 Å². The normalized spacial score (nSPS) is 13.1. The van der Waals surface area contributed by atoms with Gasteiger partial charge in [0.25, 0.3) is 0 Å². The van der Waals surface area contributed by atoms with Gasteiger partial charge in [0.1, 0.15) is 16.5 Å². The molecule has 0 atom stereocenters. The van der Waals surface area contributed by atoms with Crippen molar-refractivity contribution >= 4 is 33.1 Å². The van der Waals surface area contributed by atoms with E-state index in [0.29, 0.717) is 10.7 Å². The molecule has 0 unspecified atom stereocenters. The lowest BCUT2D eigenvalue weighted by molar-refractivity contribution is 0.481. The van der Waals surface area contributed by atoms with E-state index in [-0.39, 0.29) is 0 Å². The molecule has 3 rings (SSSR count). The maximum atomic E-state index is 5.98. The number of halogens is 1. The van der Waals surface area contributed by atoms with Gasteiger partial charge in [0.2, 0.25) is 0 Å². The van der Waals surface area contributed by atoms with Gasteiger partial charge in [0.15, 0.2) is 0 Å². The summed E-state index contributed by atoms with van der Waals surface area (Å²) in [6, 6.07) is 11.9. The second-order valence-electron chi connectivity index (χ2n) is 4.89.